The lowest BCUT2D eigenvalue weighted by Gasteiger charge is -2.10. The fourth-order valence-corrected chi connectivity index (χ4v) is 0.946. The lowest BCUT2D eigenvalue weighted by atomic mass is 10.1. The lowest BCUT2D eigenvalue weighted by Crippen LogP contribution is -2.17. The molecule has 6 heteroatoms. The molecule has 0 aromatic heterocycles. The normalized spacial score (nSPS) is 11.2. The molecule has 80 valence electrons. The molecule has 0 heterocycles. The van der Waals surface area contributed by atoms with Gasteiger partial charge in [-0.1, -0.05) is 0 Å². The maximum Gasteiger partial charge on any atom is 0.573 e. The second kappa shape index (κ2) is 3.80. The van der Waals surface area contributed by atoms with Crippen molar-refractivity contribution in [2.24, 2.45) is 0 Å². The third-order valence-electron chi connectivity index (χ3n) is 1.52. The molecule has 1 rings (SSSR count). The molecule has 0 aliphatic rings. The third-order valence-corrected chi connectivity index (χ3v) is 1.52. The largest absolute Gasteiger partial charge is 0.573 e. The highest BCUT2D eigenvalue weighted by Gasteiger charge is 2.31. The summed E-state index contributed by atoms with van der Waals surface area (Å²) in [7, 11) is 0. The van der Waals surface area contributed by atoms with Crippen molar-refractivity contribution in [1.82, 2.24) is 0 Å². The maximum atomic E-state index is 11.8. The first-order valence-electron chi connectivity index (χ1n) is 3.74. The van der Waals surface area contributed by atoms with E-state index in [1.54, 1.807) is 0 Å². The van der Waals surface area contributed by atoms with E-state index in [0.29, 0.717) is 0 Å². The van der Waals surface area contributed by atoms with Crippen LogP contribution >= 0.6 is 0 Å². The van der Waals surface area contributed by atoms with Gasteiger partial charge in [-0.05, 0) is 18.2 Å². The van der Waals surface area contributed by atoms with E-state index < -0.39 is 17.9 Å². The van der Waals surface area contributed by atoms with Crippen molar-refractivity contribution < 1.29 is 22.7 Å². The molecule has 0 bridgehead atoms. The van der Waals surface area contributed by atoms with Gasteiger partial charge in [-0.3, -0.25) is 4.79 Å². The van der Waals surface area contributed by atoms with Crippen LogP contribution in [0.4, 0.5) is 18.9 Å². The van der Waals surface area contributed by atoms with Gasteiger partial charge in [0, 0.05) is 18.2 Å². The van der Waals surface area contributed by atoms with Gasteiger partial charge in [-0.2, -0.15) is 0 Å². The quantitative estimate of drug-likeness (QED) is 0.609. The van der Waals surface area contributed by atoms with E-state index in [9.17, 15) is 18.0 Å². The van der Waals surface area contributed by atoms with E-state index >= 15 is 0 Å². The molecule has 2 N–H and O–H groups in total. The van der Waals surface area contributed by atoms with Crippen molar-refractivity contribution in [2.75, 3.05) is 5.73 Å². The van der Waals surface area contributed by atoms with Gasteiger partial charge in [0.2, 0.25) is 0 Å². The summed E-state index contributed by atoms with van der Waals surface area (Å²) in [6.07, 6.45) is -4.81. The highest BCUT2D eigenvalue weighted by Crippen LogP contribution is 2.26. The molecule has 0 aliphatic carbocycles. The van der Waals surface area contributed by atoms with Crippen LogP contribution in [0.25, 0.3) is 0 Å². The van der Waals surface area contributed by atoms with E-state index in [1.807, 2.05) is 0 Å². The average molecular weight is 217 g/mol. The van der Waals surface area contributed by atoms with Crippen LogP contribution < -0.4 is 10.5 Å². The molecular formula is C9H6F3NO2. The first-order chi connectivity index (χ1) is 6.79. The minimum Gasteiger partial charge on any atom is -0.406 e. The minimum absolute atomic E-state index is 0.00276. The van der Waals surface area contributed by atoms with Gasteiger partial charge in [-0.25, -0.2) is 0 Å². The summed E-state index contributed by atoms with van der Waals surface area (Å²) >= 11 is 0. The number of anilines is 1. The van der Waals surface area contributed by atoms with Crippen molar-refractivity contribution in [1.29, 1.82) is 0 Å². The van der Waals surface area contributed by atoms with Crippen LogP contribution in [-0.4, -0.2) is 12.1 Å². The van der Waals surface area contributed by atoms with Crippen molar-refractivity contribution in [3.63, 3.8) is 0 Å². The molecule has 0 unspecified atom stereocenters. The first-order valence-corrected chi connectivity index (χ1v) is 3.74. The zero-order chi connectivity index (χ0) is 11.6. The van der Waals surface area contributed by atoms with Gasteiger partial charge in [-0.15, -0.1) is 13.2 Å². The molecule has 0 amide bonds. The molecule has 0 fully saturated rings. The zero-order valence-electron chi connectivity index (χ0n) is 7.34. The smallest absolute Gasteiger partial charge is 0.406 e. The highest BCUT2D eigenvalue weighted by molar-refractivity contribution is 6.03. The summed E-state index contributed by atoms with van der Waals surface area (Å²) < 4.78 is 39.0. The maximum absolute atomic E-state index is 11.8. The number of carbonyl (C=O) groups excluding carboxylic acids is 1. The van der Waals surface area contributed by atoms with E-state index in [4.69, 9.17) is 12.7 Å². The number of ketones is 1. The van der Waals surface area contributed by atoms with Gasteiger partial charge in [0.25, 0.3) is 0 Å². The van der Waals surface area contributed by atoms with Gasteiger partial charge in [0.05, 0.1) is 0 Å². The van der Waals surface area contributed by atoms with E-state index in [0.717, 1.165) is 18.2 Å². The number of benzene rings is 1. The molecule has 2 radical (unpaired) electrons. The van der Waals surface area contributed by atoms with Crippen LogP contribution in [0.5, 0.6) is 5.75 Å². The van der Waals surface area contributed by atoms with Gasteiger partial charge >= 0.3 is 6.36 Å². The van der Waals surface area contributed by atoms with Crippen LogP contribution in [0.2, 0.25) is 0 Å². The monoisotopic (exact) mass is 217 g/mol. The van der Waals surface area contributed by atoms with E-state index in [2.05, 4.69) is 4.74 Å². The Morgan fingerprint density at radius 1 is 1.40 bits per heavy atom. The van der Waals surface area contributed by atoms with Crippen LogP contribution in [0, 0.1) is 6.92 Å². The standard InChI is InChI=1S/C9H6F3NO2/c1-5(14)7-4-6(2-3-8(7)13)15-9(10,11)12/h1-4H,13H2. The Kier molecular flexibility index (Phi) is 2.88. The Hall–Kier alpha value is -1.72. The Labute approximate surface area is 83.6 Å². The fourth-order valence-electron chi connectivity index (χ4n) is 0.946. The molecule has 0 saturated heterocycles. The predicted molar refractivity (Wildman–Crippen MR) is 46.2 cm³/mol. The Morgan fingerprint density at radius 3 is 2.47 bits per heavy atom. The molecular weight excluding hydrogens is 211 g/mol. The van der Waals surface area contributed by atoms with Crippen LogP contribution in [-0.2, 0) is 0 Å². The Morgan fingerprint density at radius 2 is 2.00 bits per heavy atom. The molecule has 0 aliphatic heterocycles. The van der Waals surface area contributed by atoms with Crippen molar-refractivity contribution in [3.05, 3.63) is 30.7 Å². The number of hydrogen-bond acceptors (Lipinski definition) is 3. The molecule has 0 atom stereocenters. The molecule has 15 heavy (non-hydrogen) atoms. The summed E-state index contributed by atoms with van der Waals surface area (Å²) in [5.74, 6) is -1.45. The van der Waals surface area contributed by atoms with E-state index in [1.165, 1.54) is 0 Å². The van der Waals surface area contributed by atoms with Crippen LogP contribution in [0.15, 0.2) is 18.2 Å². The number of ether oxygens (including phenoxy) is 1. The number of alkyl halides is 3. The number of halogens is 3. The third kappa shape index (κ3) is 3.16. The predicted octanol–water partition coefficient (Wildman–Crippen LogP) is 2.06. The molecule has 1 aromatic rings. The Bertz CT molecular complexity index is 387. The molecule has 0 saturated carbocycles. The number of nitrogens with two attached hydrogens (primary N) is 1. The summed E-state index contributed by atoms with van der Waals surface area (Å²) in [5.41, 5.74) is 5.10. The average Bonchev–Trinajstić information content (AvgIpc) is 2.05. The van der Waals surface area contributed by atoms with Crippen LogP contribution in [0.3, 0.4) is 0 Å². The summed E-state index contributed by atoms with van der Waals surface area (Å²) in [5, 5.41) is 0. The van der Waals surface area contributed by atoms with Gasteiger partial charge < -0.3 is 10.5 Å². The first kappa shape index (κ1) is 11.4. The SMILES string of the molecule is [CH]C(=O)c1cc(OC(F)(F)F)ccc1N. The van der Waals surface area contributed by atoms with E-state index in [-0.39, 0.29) is 11.3 Å². The van der Waals surface area contributed by atoms with Gasteiger partial charge in [0.15, 0.2) is 5.78 Å². The summed E-state index contributed by atoms with van der Waals surface area (Å²) in [4.78, 5) is 10.7. The second-order valence-electron chi connectivity index (χ2n) is 2.66. The number of Topliss-reactive ketones (excluding diaryl/α,β-unsaturated/α-hetero) is 1. The number of hydrogen-bond donors (Lipinski definition) is 1. The highest BCUT2D eigenvalue weighted by atomic mass is 19.4. The second-order valence-corrected chi connectivity index (χ2v) is 2.66. The summed E-state index contributed by atoms with van der Waals surface area (Å²) in [6.45, 7) is 4.89. The lowest BCUT2D eigenvalue weighted by molar-refractivity contribution is -0.274. The number of rotatable bonds is 2. The fraction of sp³-hybridized carbons (Fsp3) is 0.111. The van der Waals surface area contributed by atoms with Crippen LogP contribution in [0.1, 0.15) is 10.4 Å². The molecule has 0 spiro atoms. The summed E-state index contributed by atoms with van der Waals surface area (Å²) in [6, 6.07) is 2.95. The zero-order valence-corrected chi connectivity index (χ0v) is 7.34. The molecule has 1 aromatic carbocycles. The van der Waals surface area contributed by atoms with Crippen molar-refractivity contribution in [3.8, 4) is 5.75 Å². The van der Waals surface area contributed by atoms with Crippen molar-refractivity contribution >= 4 is 11.5 Å². The number of carbonyl (C=O) groups is 1. The Balaban J connectivity index is 3.03. The van der Waals surface area contributed by atoms with Crippen molar-refractivity contribution in [2.45, 2.75) is 6.36 Å². The number of nitrogen functional groups attached to an aromatic ring is 1. The molecule has 3 nitrogen and oxygen atoms in total. The minimum atomic E-state index is -4.81. The topological polar surface area (TPSA) is 52.3 Å². The van der Waals surface area contributed by atoms with Gasteiger partial charge in [0.1, 0.15) is 5.75 Å².